The number of hydrogen-bond acceptors (Lipinski definition) is 3. The topological polar surface area (TPSA) is 46.2 Å². The largest absolute Gasteiger partial charge is 0.355 e. The molecule has 22 heavy (non-hydrogen) atoms. The quantitative estimate of drug-likeness (QED) is 0.790. The van der Waals surface area contributed by atoms with E-state index in [1.807, 2.05) is 49.4 Å². The third kappa shape index (κ3) is 4.28. The van der Waals surface area contributed by atoms with Crippen LogP contribution in [0, 0.1) is 0 Å². The molecule has 2 rings (SSSR count). The van der Waals surface area contributed by atoms with Crippen molar-refractivity contribution in [1.29, 1.82) is 0 Å². The SMILES string of the molecule is CCC(C(=O)NCCc1ccc(C(C)=O)s1)c1ccccc1. The molecular formula is C18H21NO2S. The molecule has 0 aliphatic heterocycles. The first-order valence-electron chi connectivity index (χ1n) is 7.54. The number of rotatable bonds is 7. The van der Waals surface area contributed by atoms with Crippen molar-refractivity contribution in [2.24, 2.45) is 0 Å². The molecule has 0 aliphatic rings. The maximum Gasteiger partial charge on any atom is 0.227 e. The van der Waals surface area contributed by atoms with E-state index in [0.717, 1.165) is 28.2 Å². The number of hydrogen-bond donors (Lipinski definition) is 1. The van der Waals surface area contributed by atoms with Crippen molar-refractivity contribution in [2.75, 3.05) is 6.54 Å². The van der Waals surface area contributed by atoms with E-state index < -0.39 is 0 Å². The Morgan fingerprint density at radius 3 is 2.45 bits per heavy atom. The van der Waals surface area contributed by atoms with Gasteiger partial charge in [-0.15, -0.1) is 11.3 Å². The highest BCUT2D eigenvalue weighted by atomic mass is 32.1. The van der Waals surface area contributed by atoms with E-state index in [2.05, 4.69) is 5.32 Å². The highest BCUT2D eigenvalue weighted by Crippen LogP contribution is 2.20. The van der Waals surface area contributed by atoms with E-state index in [1.165, 1.54) is 11.3 Å². The highest BCUT2D eigenvalue weighted by Gasteiger charge is 2.17. The Hall–Kier alpha value is -1.94. The van der Waals surface area contributed by atoms with Crippen molar-refractivity contribution in [3.63, 3.8) is 0 Å². The summed E-state index contributed by atoms with van der Waals surface area (Å²) >= 11 is 1.50. The molecule has 0 aliphatic carbocycles. The number of thiophene rings is 1. The Morgan fingerprint density at radius 2 is 1.86 bits per heavy atom. The van der Waals surface area contributed by atoms with Gasteiger partial charge in [0.25, 0.3) is 0 Å². The van der Waals surface area contributed by atoms with Gasteiger partial charge in [0.2, 0.25) is 5.91 Å². The summed E-state index contributed by atoms with van der Waals surface area (Å²) in [7, 11) is 0. The van der Waals surface area contributed by atoms with Gasteiger partial charge in [0.05, 0.1) is 10.8 Å². The van der Waals surface area contributed by atoms with Crippen LogP contribution >= 0.6 is 11.3 Å². The monoisotopic (exact) mass is 315 g/mol. The molecule has 1 atom stereocenters. The van der Waals surface area contributed by atoms with Crippen LogP contribution in [0.1, 0.15) is 46.3 Å². The first-order chi connectivity index (χ1) is 10.6. The minimum Gasteiger partial charge on any atom is -0.355 e. The summed E-state index contributed by atoms with van der Waals surface area (Å²) < 4.78 is 0. The molecular weight excluding hydrogens is 294 g/mol. The second-order valence-corrected chi connectivity index (χ2v) is 6.40. The number of Topliss-reactive ketones (excluding diaryl/α,β-unsaturated/α-hetero) is 1. The van der Waals surface area contributed by atoms with Gasteiger partial charge in [-0.05, 0) is 37.5 Å². The lowest BCUT2D eigenvalue weighted by Crippen LogP contribution is -2.30. The van der Waals surface area contributed by atoms with E-state index in [9.17, 15) is 9.59 Å². The van der Waals surface area contributed by atoms with Crippen molar-refractivity contribution in [3.8, 4) is 0 Å². The zero-order chi connectivity index (χ0) is 15.9. The van der Waals surface area contributed by atoms with Crippen LogP contribution in [0.4, 0.5) is 0 Å². The summed E-state index contributed by atoms with van der Waals surface area (Å²) in [6, 6.07) is 13.7. The summed E-state index contributed by atoms with van der Waals surface area (Å²) in [6.07, 6.45) is 1.54. The first-order valence-corrected chi connectivity index (χ1v) is 8.35. The molecule has 0 fully saturated rings. The van der Waals surface area contributed by atoms with Crippen molar-refractivity contribution in [2.45, 2.75) is 32.6 Å². The Balaban J connectivity index is 1.87. The third-order valence-electron chi connectivity index (χ3n) is 3.61. The molecule has 0 spiro atoms. The second-order valence-electron chi connectivity index (χ2n) is 5.23. The molecule has 1 aromatic carbocycles. The lowest BCUT2D eigenvalue weighted by atomic mass is 9.96. The fraction of sp³-hybridized carbons (Fsp3) is 0.333. The zero-order valence-corrected chi connectivity index (χ0v) is 13.8. The van der Waals surface area contributed by atoms with Crippen LogP contribution in [0.5, 0.6) is 0 Å². The van der Waals surface area contributed by atoms with Gasteiger partial charge < -0.3 is 5.32 Å². The van der Waals surface area contributed by atoms with Crippen molar-refractivity contribution < 1.29 is 9.59 Å². The Labute approximate surface area is 135 Å². The van der Waals surface area contributed by atoms with E-state index >= 15 is 0 Å². The number of nitrogens with one attached hydrogen (secondary N) is 1. The predicted molar refractivity (Wildman–Crippen MR) is 90.5 cm³/mol. The predicted octanol–water partition coefficient (Wildman–Crippen LogP) is 3.80. The van der Waals surface area contributed by atoms with Crippen LogP contribution in [0.2, 0.25) is 0 Å². The fourth-order valence-electron chi connectivity index (χ4n) is 2.39. The minimum absolute atomic E-state index is 0.0667. The normalized spacial score (nSPS) is 11.9. The summed E-state index contributed by atoms with van der Waals surface area (Å²) in [5.74, 6) is 0.0600. The van der Waals surface area contributed by atoms with Crippen LogP contribution in [0.15, 0.2) is 42.5 Å². The first kappa shape index (κ1) is 16.4. The molecule has 1 unspecified atom stereocenters. The zero-order valence-electron chi connectivity index (χ0n) is 13.0. The molecule has 1 aromatic heterocycles. The standard InChI is InChI=1S/C18H21NO2S/c1-3-16(14-7-5-4-6-8-14)18(21)19-12-11-15-9-10-17(22-15)13(2)20/h4-10,16H,3,11-12H2,1-2H3,(H,19,21). The van der Waals surface area contributed by atoms with Crippen LogP contribution in [-0.4, -0.2) is 18.2 Å². The summed E-state index contributed by atoms with van der Waals surface area (Å²) in [6.45, 7) is 4.19. The second kappa shape index (κ2) is 7.90. The van der Waals surface area contributed by atoms with Crippen LogP contribution < -0.4 is 5.32 Å². The van der Waals surface area contributed by atoms with Crippen molar-refractivity contribution in [3.05, 3.63) is 57.8 Å². The maximum atomic E-state index is 12.3. The number of benzene rings is 1. The van der Waals surface area contributed by atoms with E-state index in [1.54, 1.807) is 6.92 Å². The molecule has 2 aromatic rings. The Morgan fingerprint density at radius 1 is 1.14 bits per heavy atom. The van der Waals surface area contributed by atoms with Crippen LogP contribution in [-0.2, 0) is 11.2 Å². The molecule has 4 heteroatoms. The van der Waals surface area contributed by atoms with Gasteiger partial charge in [-0.2, -0.15) is 0 Å². The molecule has 1 heterocycles. The summed E-state index contributed by atoms with van der Waals surface area (Å²) in [5, 5.41) is 3.00. The number of carbonyl (C=O) groups is 2. The maximum absolute atomic E-state index is 12.3. The smallest absolute Gasteiger partial charge is 0.227 e. The van der Waals surface area contributed by atoms with Gasteiger partial charge in [0, 0.05) is 11.4 Å². The van der Waals surface area contributed by atoms with Gasteiger partial charge in [0.15, 0.2) is 5.78 Å². The molecule has 116 valence electrons. The lowest BCUT2D eigenvalue weighted by Gasteiger charge is -2.15. The molecule has 0 saturated heterocycles. The van der Waals surface area contributed by atoms with E-state index in [-0.39, 0.29) is 17.6 Å². The number of carbonyl (C=O) groups excluding carboxylic acids is 2. The minimum atomic E-state index is -0.0997. The Kier molecular flexibility index (Phi) is 5.90. The van der Waals surface area contributed by atoms with E-state index in [4.69, 9.17) is 0 Å². The van der Waals surface area contributed by atoms with Gasteiger partial charge in [-0.25, -0.2) is 0 Å². The summed E-state index contributed by atoms with van der Waals surface area (Å²) in [5.41, 5.74) is 1.05. The molecule has 1 amide bonds. The Bertz CT molecular complexity index is 634. The van der Waals surface area contributed by atoms with Gasteiger partial charge in [-0.1, -0.05) is 37.3 Å². The average molecular weight is 315 g/mol. The average Bonchev–Trinajstić information content (AvgIpc) is 2.98. The third-order valence-corrected chi connectivity index (χ3v) is 4.85. The van der Waals surface area contributed by atoms with Gasteiger partial charge >= 0.3 is 0 Å². The van der Waals surface area contributed by atoms with E-state index in [0.29, 0.717) is 6.54 Å². The molecule has 0 radical (unpaired) electrons. The van der Waals surface area contributed by atoms with Gasteiger partial charge in [-0.3, -0.25) is 9.59 Å². The molecule has 1 N–H and O–H groups in total. The lowest BCUT2D eigenvalue weighted by molar-refractivity contribution is -0.122. The molecule has 0 saturated carbocycles. The van der Waals surface area contributed by atoms with Crippen LogP contribution in [0.3, 0.4) is 0 Å². The molecule has 3 nitrogen and oxygen atoms in total. The van der Waals surface area contributed by atoms with Crippen LogP contribution in [0.25, 0.3) is 0 Å². The molecule has 0 bridgehead atoms. The highest BCUT2D eigenvalue weighted by molar-refractivity contribution is 7.14. The van der Waals surface area contributed by atoms with Crippen molar-refractivity contribution >= 4 is 23.0 Å². The fourth-order valence-corrected chi connectivity index (χ4v) is 3.29. The number of ketones is 1. The number of amides is 1. The van der Waals surface area contributed by atoms with Crippen molar-refractivity contribution in [1.82, 2.24) is 5.32 Å². The summed E-state index contributed by atoms with van der Waals surface area (Å²) in [4.78, 5) is 25.5. The van der Waals surface area contributed by atoms with Gasteiger partial charge in [0.1, 0.15) is 0 Å².